The molecule has 2 atom stereocenters. The number of nitrogens with two attached hydrogens (primary N) is 1. The second-order valence-corrected chi connectivity index (χ2v) is 4.89. The Bertz CT molecular complexity index is 461. The molecule has 1 aliphatic heterocycles. The minimum absolute atomic E-state index is 0.132. The average Bonchev–Trinajstić information content (AvgIpc) is 2.82. The maximum absolute atomic E-state index is 12.2. The molecule has 19 heavy (non-hydrogen) atoms. The fourth-order valence-electron chi connectivity index (χ4n) is 2.44. The van der Waals surface area contributed by atoms with Crippen molar-refractivity contribution in [3.63, 3.8) is 0 Å². The molecule has 102 valence electrons. The summed E-state index contributed by atoms with van der Waals surface area (Å²) in [5.74, 6) is -0.673. The smallest absolute Gasteiger partial charge is 0.244 e. The van der Waals surface area contributed by atoms with Crippen LogP contribution >= 0.6 is 0 Å². The number of hydrogen-bond donors (Lipinski definition) is 2. The van der Waals surface area contributed by atoms with Crippen LogP contribution in [0.1, 0.15) is 24.4 Å². The Morgan fingerprint density at radius 3 is 2.58 bits per heavy atom. The largest absolute Gasteiger partial charge is 0.368 e. The monoisotopic (exact) mass is 261 g/mol. The summed E-state index contributed by atoms with van der Waals surface area (Å²) in [6.07, 6.45) is 1.82. The first kappa shape index (κ1) is 13.5. The van der Waals surface area contributed by atoms with E-state index < -0.39 is 11.9 Å². The van der Waals surface area contributed by atoms with Crippen LogP contribution in [0.2, 0.25) is 0 Å². The lowest BCUT2D eigenvalue weighted by Gasteiger charge is -2.22. The van der Waals surface area contributed by atoms with Gasteiger partial charge in [-0.3, -0.25) is 14.5 Å². The summed E-state index contributed by atoms with van der Waals surface area (Å²) in [7, 11) is 1.92. The molecule has 1 heterocycles. The number of nitrogens with one attached hydrogen (secondary N) is 1. The van der Waals surface area contributed by atoms with Crippen molar-refractivity contribution in [1.82, 2.24) is 10.2 Å². The number of hydrogen-bond acceptors (Lipinski definition) is 3. The van der Waals surface area contributed by atoms with E-state index >= 15 is 0 Å². The van der Waals surface area contributed by atoms with Gasteiger partial charge in [-0.05, 0) is 32.0 Å². The molecule has 0 spiro atoms. The molecule has 5 nitrogen and oxygen atoms in total. The van der Waals surface area contributed by atoms with Gasteiger partial charge in [0.15, 0.2) is 0 Å². The fraction of sp³-hybridized carbons (Fsp3) is 0.429. The average molecular weight is 261 g/mol. The topological polar surface area (TPSA) is 75.4 Å². The summed E-state index contributed by atoms with van der Waals surface area (Å²) in [5, 5.41) is 2.75. The van der Waals surface area contributed by atoms with Crippen molar-refractivity contribution in [1.29, 1.82) is 0 Å². The number of likely N-dealkylation sites (tertiary alicyclic amines) is 1. The van der Waals surface area contributed by atoms with Crippen molar-refractivity contribution in [3.8, 4) is 0 Å². The molecule has 1 fully saturated rings. The number of amides is 2. The van der Waals surface area contributed by atoms with Crippen LogP contribution in [0.4, 0.5) is 0 Å². The van der Waals surface area contributed by atoms with Gasteiger partial charge in [0.05, 0.1) is 6.04 Å². The maximum Gasteiger partial charge on any atom is 0.244 e. The standard InChI is InChI=1S/C14H19N3O2/c1-17-9-5-8-11(17)14(19)16-12(13(15)18)10-6-3-2-4-7-10/h2-4,6-7,11-12H,5,8-9H2,1H3,(H2,15,18)(H,16,19)/t11-,12-/m0/s1. The van der Waals surface area contributed by atoms with Gasteiger partial charge in [0.2, 0.25) is 11.8 Å². The predicted molar refractivity (Wildman–Crippen MR) is 72.2 cm³/mol. The van der Waals surface area contributed by atoms with E-state index in [1.165, 1.54) is 0 Å². The van der Waals surface area contributed by atoms with Crippen LogP contribution in [0.15, 0.2) is 30.3 Å². The van der Waals surface area contributed by atoms with Crippen LogP contribution in [0, 0.1) is 0 Å². The molecule has 3 N–H and O–H groups in total. The highest BCUT2D eigenvalue weighted by Gasteiger charge is 2.30. The lowest BCUT2D eigenvalue weighted by Crippen LogP contribution is -2.46. The van der Waals surface area contributed by atoms with Gasteiger partial charge in [-0.2, -0.15) is 0 Å². The number of carbonyl (C=O) groups is 2. The summed E-state index contributed by atoms with van der Waals surface area (Å²) in [6, 6.07) is 8.14. The van der Waals surface area contributed by atoms with Crippen LogP contribution in [0.5, 0.6) is 0 Å². The van der Waals surface area contributed by atoms with Crippen molar-refractivity contribution in [2.24, 2.45) is 5.73 Å². The van der Waals surface area contributed by atoms with E-state index in [2.05, 4.69) is 5.32 Å². The summed E-state index contributed by atoms with van der Waals surface area (Å²) in [4.78, 5) is 25.7. The second kappa shape index (κ2) is 5.84. The summed E-state index contributed by atoms with van der Waals surface area (Å²) < 4.78 is 0. The van der Waals surface area contributed by atoms with Crippen molar-refractivity contribution in [2.75, 3.05) is 13.6 Å². The van der Waals surface area contributed by atoms with E-state index in [9.17, 15) is 9.59 Å². The number of rotatable bonds is 4. The lowest BCUT2D eigenvalue weighted by molar-refractivity contribution is -0.130. The van der Waals surface area contributed by atoms with Gasteiger partial charge in [-0.25, -0.2) is 0 Å². The first-order valence-electron chi connectivity index (χ1n) is 6.44. The first-order valence-corrected chi connectivity index (χ1v) is 6.44. The number of nitrogens with zero attached hydrogens (tertiary/aromatic N) is 1. The molecule has 0 radical (unpaired) electrons. The van der Waals surface area contributed by atoms with Gasteiger partial charge in [0.1, 0.15) is 6.04 Å². The maximum atomic E-state index is 12.2. The zero-order valence-corrected chi connectivity index (χ0v) is 11.0. The van der Waals surface area contributed by atoms with Crippen molar-refractivity contribution >= 4 is 11.8 Å². The van der Waals surface area contributed by atoms with Crippen LogP contribution < -0.4 is 11.1 Å². The van der Waals surface area contributed by atoms with Gasteiger partial charge < -0.3 is 11.1 Å². The van der Waals surface area contributed by atoms with E-state index in [-0.39, 0.29) is 11.9 Å². The molecule has 1 aromatic carbocycles. The Labute approximate surface area is 112 Å². The highest BCUT2D eigenvalue weighted by Crippen LogP contribution is 2.17. The minimum Gasteiger partial charge on any atom is -0.368 e. The van der Waals surface area contributed by atoms with E-state index in [1.54, 1.807) is 12.1 Å². The van der Waals surface area contributed by atoms with Crippen LogP contribution in [0.3, 0.4) is 0 Å². The third-order valence-electron chi connectivity index (χ3n) is 3.53. The van der Waals surface area contributed by atoms with Crippen LogP contribution in [-0.2, 0) is 9.59 Å². The number of likely N-dealkylation sites (N-methyl/N-ethyl adjacent to an activating group) is 1. The van der Waals surface area contributed by atoms with Gasteiger partial charge in [0.25, 0.3) is 0 Å². The molecule has 1 aromatic rings. The quantitative estimate of drug-likeness (QED) is 0.825. The number of primary amides is 1. The third-order valence-corrected chi connectivity index (χ3v) is 3.53. The van der Waals surface area contributed by atoms with E-state index in [0.29, 0.717) is 5.56 Å². The molecule has 5 heteroatoms. The lowest BCUT2D eigenvalue weighted by atomic mass is 10.1. The molecule has 2 rings (SSSR count). The number of carbonyl (C=O) groups excluding carboxylic acids is 2. The van der Waals surface area contributed by atoms with E-state index in [4.69, 9.17) is 5.73 Å². The Hall–Kier alpha value is -1.88. The second-order valence-electron chi connectivity index (χ2n) is 4.89. The summed E-state index contributed by atoms with van der Waals surface area (Å²) in [5.41, 5.74) is 6.10. The Balaban J connectivity index is 2.09. The molecule has 0 saturated carbocycles. The molecule has 0 aromatic heterocycles. The van der Waals surface area contributed by atoms with Gasteiger partial charge in [-0.15, -0.1) is 0 Å². The summed E-state index contributed by atoms with van der Waals surface area (Å²) in [6.45, 7) is 0.907. The zero-order chi connectivity index (χ0) is 13.8. The SMILES string of the molecule is CN1CCC[C@H]1C(=O)N[C@H](C(N)=O)c1ccccc1. The first-order chi connectivity index (χ1) is 9.09. The Morgan fingerprint density at radius 2 is 2.05 bits per heavy atom. The summed E-state index contributed by atoms with van der Waals surface area (Å²) >= 11 is 0. The van der Waals surface area contributed by atoms with Crippen LogP contribution in [-0.4, -0.2) is 36.3 Å². The molecular formula is C14H19N3O2. The number of benzene rings is 1. The van der Waals surface area contributed by atoms with Gasteiger partial charge in [-0.1, -0.05) is 30.3 Å². The van der Waals surface area contributed by atoms with Crippen molar-refractivity contribution in [3.05, 3.63) is 35.9 Å². The van der Waals surface area contributed by atoms with Gasteiger partial charge in [0, 0.05) is 0 Å². The Morgan fingerprint density at radius 1 is 1.37 bits per heavy atom. The molecular weight excluding hydrogens is 242 g/mol. The third kappa shape index (κ3) is 3.12. The fourth-order valence-corrected chi connectivity index (χ4v) is 2.44. The molecule has 1 aliphatic rings. The van der Waals surface area contributed by atoms with Crippen molar-refractivity contribution in [2.45, 2.75) is 24.9 Å². The highest BCUT2D eigenvalue weighted by molar-refractivity contribution is 5.89. The van der Waals surface area contributed by atoms with Gasteiger partial charge >= 0.3 is 0 Å². The predicted octanol–water partition coefficient (Wildman–Crippen LogP) is 0.423. The van der Waals surface area contributed by atoms with E-state index in [1.807, 2.05) is 30.1 Å². The molecule has 0 aliphatic carbocycles. The van der Waals surface area contributed by atoms with Crippen molar-refractivity contribution < 1.29 is 9.59 Å². The molecule has 0 bridgehead atoms. The van der Waals surface area contributed by atoms with Crippen LogP contribution in [0.25, 0.3) is 0 Å². The normalized spacial score (nSPS) is 21.0. The van der Waals surface area contributed by atoms with E-state index in [0.717, 1.165) is 19.4 Å². The molecule has 0 unspecified atom stereocenters. The Kier molecular flexibility index (Phi) is 4.16. The zero-order valence-electron chi connectivity index (χ0n) is 11.0. The highest BCUT2D eigenvalue weighted by atomic mass is 16.2. The minimum atomic E-state index is -0.761. The molecule has 2 amide bonds. The molecule has 1 saturated heterocycles.